The number of benzene rings is 4. The molecule has 0 atom stereocenters. The predicted octanol–water partition coefficient (Wildman–Crippen LogP) is 7.36. The third-order valence-corrected chi connectivity index (χ3v) is 9.20. The second kappa shape index (κ2) is 12.6. The van der Waals surface area contributed by atoms with Crippen LogP contribution in [0.3, 0.4) is 0 Å². The molecular weight excluding hydrogens is 597 g/mol. The van der Waals surface area contributed by atoms with Crippen molar-refractivity contribution >= 4 is 33.2 Å². The maximum atomic E-state index is 15.1. The summed E-state index contributed by atoms with van der Waals surface area (Å²) in [6, 6.07) is 30.9. The average Bonchev–Trinajstić information content (AvgIpc) is 3.40. The highest BCUT2D eigenvalue weighted by atomic mass is 35.5. The Morgan fingerprint density at radius 2 is 1.52 bits per heavy atom. The minimum Gasteiger partial charge on any atom is -0.497 e. The van der Waals surface area contributed by atoms with Crippen molar-refractivity contribution in [3.8, 4) is 21.9 Å². The fourth-order valence-electron chi connectivity index (χ4n) is 5.40. The Balaban J connectivity index is 1.64. The molecule has 0 aliphatic heterocycles. The van der Waals surface area contributed by atoms with E-state index < -0.39 is 17.1 Å². The lowest BCUT2D eigenvalue weighted by Gasteiger charge is -2.18. The number of ether oxygens (including phenoxy) is 1. The Bertz CT molecular complexity index is 2040. The van der Waals surface area contributed by atoms with Crippen molar-refractivity contribution < 1.29 is 9.13 Å². The van der Waals surface area contributed by atoms with Crippen molar-refractivity contribution in [1.29, 1.82) is 0 Å². The van der Waals surface area contributed by atoms with Crippen molar-refractivity contribution in [1.82, 2.24) is 14.0 Å². The van der Waals surface area contributed by atoms with E-state index in [0.29, 0.717) is 34.7 Å². The van der Waals surface area contributed by atoms with Gasteiger partial charge in [0, 0.05) is 28.6 Å². The number of hydrogen-bond acceptors (Lipinski definition) is 5. The minimum absolute atomic E-state index is 0.143. The van der Waals surface area contributed by atoms with Crippen LogP contribution in [0.5, 0.6) is 5.75 Å². The van der Waals surface area contributed by atoms with E-state index in [1.54, 1.807) is 37.4 Å². The molecule has 0 saturated carbocycles. The lowest BCUT2D eigenvalue weighted by atomic mass is 10.1. The van der Waals surface area contributed by atoms with Gasteiger partial charge in [-0.15, -0.1) is 11.3 Å². The zero-order valence-electron chi connectivity index (χ0n) is 24.2. The van der Waals surface area contributed by atoms with E-state index in [-0.39, 0.29) is 17.1 Å². The summed E-state index contributed by atoms with van der Waals surface area (Å²) in [4.78, 5) is 32.0. The molecule has 2 heterocycles. The normalized spacial score (nSPS) is 11.4. The molecule has 0 fully saturated rings. The molecular formula is C35H29ClFN3O3S. The Kier molecular flexibility index (Phi) is 8.48. The van der Waals surface area contributed by atoms with Crippen LogP contribution >= 0.6 is 22.9 Å². The van der Waals surface area contributed by atoms with E-state index in [1.807, 2.05) is 55.6 Å². The maximum Gasteiger partial charge on any atom is 0.337 e. The third kappa shape index (κ3) is 5.71. The second-order valence-electron chi connectivity index (χ2n) is 10.5. The molecule has 6 rings (SSSR count). The van der Waals surface area contributed by atoms with Crippen molar-refractivity contribution in [2.75, 3.05) is 14.2 Å². The van der Waals surface area contributed by atoms with Crippen molar-refractivity contribution in [2.24, 2.45) is 0 Å². The Morgan fingerprint density at radius 3 is 2.18 bits per heavy atom. The first-order valence-corrected chi connectivity index (χ1v) is 15.2. The van der Waals surface area contributed by atoms with Gasteiger partial charge in [0.15, 0.2) is 0 Å². The molecule has 6 nitrogen and oxygen atoms in total. The first-order chi connectivity index (χ1) is 21.4. The van der Waals surface area contributed by atoms with Crippen LogP contribution in [0.1, 0.15) is 16.7 Å². The predicted molar refractivity (Wildman–Crippen MR) is 176 cm³/mol. The van der Waals surface area contributed by atoms with Gasteiger partial charge in [0.2, 0.25) is 0 Å². The van der Waals surface area contributed by atoms with Gasteiger partial charge < -0.3 is 4.74 Å². The fraction of sp³-hybridized carbons (Fsp3) is 0.143. The average molecular weight is 626 g/mol. The van der Waals surface area contributed by atoms with Crippen molar-refractivity contribution in [3.05, 3.63) is 151 Å². The van der Waals surface area contributed by atoms with Crippen LogP contribution in [0, 0.1) is 5.82 Å². The number of hydrogen-bond donors (Lipinski definition) is 0. The molecule has 0 radical (unpaired) electrons. The van der Waals surface area contributed by atoms with Gasteiger partial charge in [-0.1, -0.05) is 66.2 Å². The summed E-state index contributed by atoms with van der Waals surface area (Å²) in [5.74, 6) is 0.180. The molecule has 222 valence electrons. The Hall–Kier alpha value is -4.50. The van der Waals surface area contributed by atoms with Gasteiger partial charge in [-0.25, -0.2) is 13.8 Å². The molecule has 0 unspecified atom stereocenters. The molecule has 9 heteroatoms. The minimum atomic E-state index is -0.570. The smallest absolute Gasteiger partial charge is 0.337 e. The van der Waals surface area contributed by atoms with Crippen molar-refractivity contribution in [3.63, 3.8) is 0 Å². The van der Waals surface area contributed by atoms with Crippen LogP contribution in [-0.4, -0.2) is 28.2 Å². The van der Waals surface area contributed by atoms with Crippen molar-refractivity contribution in [2.45, 2.75) is 19.6 Å². The topological polar surface area (TPSA) is 56.5 Å². The van der Waals surface area contributed by atoms with Crippen LogP contribution in [0.25, 0.3) is 26.3 Å². The Labute approximate surface area is 262 Å². The largest absolute Gasteiger partial charge is 0.497 e. The van der Waals surface area contributed by atoms with Gasteiger partial charge in [0.05, 0.1) is 24.7 Å². The number of thiophene rings is 1. The SMILES string of the molecule is COc1ccc(-c2sc3c(c2CN(C)Cc2ccccc2)c(=O)n(-c2ccccc2)c(=O)n3Cc2c(F)cccc2Cl)cc1. The van der Waals surface area contributed by atoms with Gasteiger partial charge in [0.25, 0.3) is 5.56 Å². The van der Waals surface area contributed by atoms with E-state index in [9.17, 15) is 9.59 Å². The summed E-state index contributed by atoms with van der Waals surface area (Å²) in [6.45, 7) is 0.937. The van der Waals surface area contributed by atoms with Gasteiger partial charge in [-0.2, -0.15) is 0 Å². The third-order valence-electron chi connectivity index (χ3n) is 7.54. The highest BCUT2D eigenvalue weighted by Crippen LogP contribution is 2.39. The first kappa shape index (κ1) is 29.6. The number of halogens is 2. The quantitative estimate of drug-likeness (QED) is 0.168. The van der Waals surface area contributed by atoms with Crippen LogP contribution in [0.4, 0.5) is 4.39 Å². The molecule has 0 aliphatic carbocycles. The zero-order valence-corrected chi connectivity index (χ0v) is 25.7. The van der Waals surface area contributed by atoms with Gasteiger partial charge in [-0.3, -0.25) is 14.3 Å². The van der Waals surface area contributed by atoms with Crippen LogP contribution in [0.15, 0.2) is 113 Å². The van der Waals surface area contributed by atoms with E-state index >= 15 is 4.39 Å². The molecule has 4 aromatic carbocycles. The van der Waals surface area contributed by atoms with E-state index in [2.05, 4.69) is 17.0 Å². The second-order valence-corrected chi connectivity index (χ2v) is 11.9. The molecule has 0 saturated heterocycles. The first-order valence-electron chi connectivity index (χ1n) is 14.0. The summed E-state index contributed by atoms with van der Waals surface area (Å²) < 4.78 is 23.1. The lowest BCUT2D eigenvalue weighted by Crippen LogP contribution is -2.39. The molecule has 0 amide bonds. The Morgan fingerprint density at radius 1 is 0.841 bits per heavy atom. The number of para-hydroxylation sites is 1. The standard InChI is InChI=1S/C35H29ClFN3O3S/c1-38(20-23-10-5-3-6-11-23)21-28-31-33(41)40(25-12-7-4-8-13-25)35(42)39(22-27-29(36)14-9-15-30(27)37)34(31)44-32(28)24-16-18-26(43-2)19-17-24/h3-19H,20-22H2,1-2H3. The molecule has 0 N–H and O–H groups in total. The van der Waals surface area contributed by atoms with Crippen LogP contribution in [-0.2, 0) is 19.6 Å². The zero-order chi connectivity index (χ0) is 30.8. The van der Waals surface area contributed by atoms with Crippen LogP contribution < -0.4 is 16.0 Å². The molecule has 2 aromatic heterocycles. The lowest BCUT2D eigenvalue weighted by molar-refractivity contribution is 0.321. The molecule has 44 heavy (non-hydrogen) atoms. The van der Waals surface area contributed by atoms with Gasteiger partial charge in [-0.05, 0) is 72.3 Å². The van der Waals surface area contributed by atoms with E-state index in [1.165, 1.54) is 32.6 Å². The van der Waals surface area contributed by atoms with E-state index in [4.69, 9.17) is 16.3 Å². The summed E-state index contributed by atoms with van der Waals surface area (Å²) in [6.07, 6.45) is 0. The molecule has 0 spiro atoms. The highest BCUT2D eigenvalue weighted by Gasteiger charge is 2.25. The van der Waals surface area contributed by atoms with Gasteiger partial charge >= 0.3 is 5.69 Å². The highest BCUT2D eigenvalue weighted by molar-refractivity contribution is 7.22. The van der Waals surface area contributed by atoms with Crippen LogP contribution in [0.2, 0.25) is 5.02 Å². The molecule has 0 bridgehead atoms. The number of aromatic nitrogens is 2. The summed E-state index contributed by atoms with van der Waals surface area (Å²) in [5, 5.41) is 0.619. The molecule has 6 aromatic rings. The van der Waals surface area contributed by atoms with Gasteiger partial charge in [0.1, 0.15) is 16.4 Å². The number of fused-ring (bicyclic) bond motifs is 1. The number of methoxy groups -OCH3 is 1. The number of rotatable bonds is 9. The maximum absolute atomic E-state index is 15.1. The summed E-state index contributed by atoms with van der Waals surface area (Å²) >= 11 is 7.78. The number of nitrogens with zero attached hydrogens (tertiary/aromatic N) is 3. The fourth-order valence-corrected chi connectivity index (χ4v) is 6.93. The summed E-state index contributed by atoms with van der Waals surface area (Å²) in [7, 11) is 3.61. The monoisotopic (exact) mass is 625 g/mol. The summed E-state index contributed by atoms with van der Waals surface area (Å²) in [5.41, 5.74) is 2.41. The molecule has 0 aliphatic rings. The van der Waals surface area contributed by atoms with E-state index in [0.717, 1.165) is 21.6 Å².